The van der Waals surface area contributed by atoms with E-state index in [0.29, 0.717) is 6.54 Å². The van der Waals surface area contributed by atoms with Crippen LogP contribution in [0.25, 0.3) is 0 Å². The van der Waals surface area contributed by atoms with Crippen LogP contribution in [0.3, 0.4) is 0 Å². The van der Waals surface area contributed by atoms with Gasteiger partial charge in [-0.1, -0.05) is 30.3 Å². The summed E-state index contributed by atoms with van der Waals surface area (Å²) in [6, 6.07) is 14.9. The molecule has 1 amide bonds. The van der Waals surface area contributed by atoms with Crippen molar-refractivity contribution in [1.82, 2.24) is 4.90 Å². The fourth-order valence-corrected chi connectivity index (χ4v) is 4.77. The van der Waals surface area contributed by atoms with E-state index in [1.54, 1.807) is 23.1 Å². The Hall–Kier alpha value is -2.12. The summed E-state index contributed by atoms with van der Waals surface area (Å²) in [5.41, 5.74) is 0.935. The lowest BCUT2D eigenvalue weighted by molar-refractivity contribution is -0.130. The van der Waals surface area contributed by atoms with Crippen molar-refractivity contribution in [1.29, 1.82) is 0 Å². The van der Waals surface area contributed by atoms with Crippen LogP contribution in [-0.2, 0) is 21.2 Å². The van der Waals surface area contributed by atoms with E-state index in [1.165, 1.54) is 29.3 Å². The monoisotopic (exact) mass is 391 g/mol. The van der Waals surface area contributed by atoms with Gasteiger partial charge in [0.25, 0.3) is 0 Å². The fraction of sp³-hybridized carbons (Fsp3) is 0.211. The van der Waals surface area contributed by atoms with Gasteiger partial charge in [0, 0.05) is 16.8 Å². The molecular formula is C19H18FNO3S2. The minimum Gasteiger partial charge on any atom is -0.330 e. The van der Waals surface area contributed by atoms with Crippen molar-refractivity contribution in [2.24, 2.45) is 0 Å². The van der Waals surface area contributed by atoms with Crippen molar-refractivity contribution in [2.75, 3.05) is 11.5 Å². The summed E-state index contributed by atoms with van der Waals surface area (Å²) in [5, 5.41) is 1.18. The summed E-state index contributed by atoms with van der Waals surface area (Å²) in [5.74, 6) is -0.419. The van der Waals surface area contributed by atoms with Crippen LogP contribution in [0, 0.1) is 5.82 Å². The quantitative estimate of drug-likeness (QED) is 0.710. The van der Waals surface area contributed by atoms with Crippen molar-refractivity contribution < 1.29 is 17.6 Å². The third-order valence-corrected chi connectivity index (χ3v) is 6.38. The molecular weight excluding hydrogens is 373 g/mol. The maximum Gasteiger partial charge on any atom is 0.233 e. The lowest BCUT2D eigenvalue weighted by Crippen LogP contribution is -2.41. The predicted octanol–water partition coefficient (Wildman–Crippen LogP) is 3.26. The average Bonchev–Trinajstić information content (AvgIpc) is 2.99. The zero-order chi connectivity index (χ0) is 18.6. The number of hydrogen-bond acceptors (Lipinski definition) is 4. The average molecular weight is 391 g/mol. The zero-order valence-corrected chi connectivity index (χ0v) is 15.5. The van der Waals surface area contributed by atoms with Crippen molar-refractivity contribution in [2.45, 2.75) is 17.5 Å². The first-order chi connectivity index (χ1) is 12.4. The Labute approximate surface area is 156 Å². The van der Waals surface area contributed by atoms with Crippen LogP contribution >= 0.6 is 11.8 Å². The van der Waals surface area contributed by atoms with Crippen molar-refractivity contribution >= 4 is 27.5 Å². The Kier molecular flexibility index (Phi) is 5.78. The molecule has 4 nitrogen and oxygen atoms in total. The summed E-state index contributed by atoms with van der Waals surface area (Å²) >= 11 is 1.30. The molecule has 0 bridgehead atoms. The Bertz CT molecular complexity index is 896. The lowest BCUT2D eigenvalue weighted by atomic mass is 10.2. The molecule has 1 atom stereocenters. The highest BCUT2D eigenvalue weighted by Gasteiger charge is 2.30. The van der Waals surface area contributed by atoms with Crippen molar-refractivity contribution in [3.8, 4) is 0 Å². The first kappa shape index (κ1) is 18.7. The molecule has 0 aromatic heterocycles. The predicted molar refractivity (Wildman–Crippen MR) is 101 cm³/mol. The number of nitrogens with zero attached hydrogens (tertiary/aromatic N) is 1. The SMILES string of the molecule is O=C(CSc1ccc(F)cc1)N(Cc1ccccc1)[C@H]1C=CS(=O)(=O)C1. The molecule has 1 heterocycles. The molecule has 7 heteroatoms. The summed E-state index contributed by atoms with van der Waals surface area (Å²) in [4.78, 5) is 15.2. The molecule has 1 aliphatic rings. The molecule has 0 unspecified atom stereocenters. The highest BCUT2D eigenvalue weighted by atomic mass is 32.2. The molecule has 0 saturated heterocycles. The maximum absolute atomic E-state index is 13.0. The second-order valence-electron chi connectivity index (χ2n) is 5.98. The van der Waals surface area contributed by atoms with Crippen LogP contribution in [0.4, 0.5) is 4.39 Å². The number of carbonyl (C=O) groups excluding carboxylic acids is 1. The number of carbonyl (C=O) groups is 1. The Morgan fingerprint density at radius 3 is 2.42 bits per heavy atom. The topological polar surface area (TPSA) is 54.5 Å². The largest absolute Gasteiger partial charge is 0.330 e. The van der Waals surface area contributed by atoms with Crippen LogP contribution in [0.5, 0.6) is 0 Å². The van der Waals surface area contributed by atoms with Crippen molar-refractivity contribution in [3.63, 3.8) is 0 Å². The smallest absolute Gasteiger partial charge is 0.233 e. The van der Waals surface area contributed by atoms with Gasteiger partial charge in [-0.2, -0.15) is 0 Å². The van der Waals surface area contributed by atoms with E-state index in [1.807, 2.05) is 30.3 Å². The molecule has 0 saturated carbocycles. The normalized spacial score (nSPS) is 18.0. The molecule has 3 rings (SSSR count). The van der Waals surface area contributed by atoms with Gasteiger partial charge < -0.3 is 4.90 Å². The van der Waals surface area contributed by atoms with Gasteiger partial charge in [-0.25, -0.2) is 12.8 Å². The van der Waals surface area contributed by atoms with E-state index in [9.17, 15) is 17.6 Å². The van der Waals surface area contributed by atoms with Crippen LogP contribution in [-0.4, -0.2) is 36.8 Å². The number of halogens is 1. The minimum absolute atomic E-state index is 0.0905. The number of hydrogen-bond donors (Lipinski definition) is 0. The van der Waals surface area contributed by atoms with Crippen LogP contribution < -0.4 is 0 Å². The minimum atomic E-state index is -3.26. The van der Waals surface area contributed by atoms with Crippen LogP contribution in [0.2, 0.25) is 0 Å². The Balaban J connectivity index is 1.72. The van der Waals surface area contributed by atoms with Gasteiger partial charge in [0.15, 0.2) is 9.84 Å². The maximum atomic E-state index is 13.0. The fourth-order valence-electron chi connectivity index (χ4n) is 2.68. The first-order valence-corrected chi connectivity index (χ1v) is 10.8. The van der Waals surface area contributed by atoms with E-state index in [4.69, 9.17) is 0 Å². The second-order valence-corrected chi connectivity index (χ2v) is 8.96. The highest BCUT2D eigenvalue weighted by molar-refractivity contribution is 8.00. The standard InChI is InChI=1S/C19H18FNO3S2/c20-16-6-8-18(9-7-16)25-13-19(22)21(12-15-4-2-1-3-5-15)17-10-11-26(23,24)14-17/h1-11,17H,12-14H2/t17-/m0/s1. The van der Waals surface area contributed by atoms with Gasteiger partial charge >= 0.3 is 0 Å². The molecule has 0 radical (unpaired) electrons. The van der Waals surface area contributed by atoms with E-state index in [2.05, 4.69) is 0 Å². The Morgan fingerprint density at radius 2 is 1.81 bits per heavy atom. The molecule has 0 fully saturated rings. The number of rotatable bonds is 6. The van der Waals surface area contributed by atoms with Gasteiger partial charge in [0.1, 0.15) is 5.82 Å². The molecule has 2 aromatic carbocycles. The molecule has 26 heavy (non-hydrogen) atoms. The van der Waals surface area contributed by atoms with Gasteiger partial charge in [0.05, 0.1) is 17.5 Å². The van der Waals surface area contributed by atoms with E-state index in [0.717, 1.165) is 10.5 Å². The number of sulfone groups is 1. The first-order valence-electron chi connectivity index (χ1n) is 8.06. The molecule has 2 aromatic rings. The summed E-state index contributed by atoms with van der Waals surface area (Å²) in [6.07, 6.45) is 1.57. The zero-order valence-electron chi connectivity index (χ0n) is 13.9. The van der Waals surface area contributed by atoms with Crippen LogP contribution in [0.15, 0.2) is 71.0 Å². The summed E-state index contributed by atoms with van der Waals surface area (Å²) in [6.45, 7) is 0.341. The molecule has 0 N–H and O–H groups in total. The van der Waals surface area contributed by atoms with E-state index in [-0.39, 0.29) is 23.2 Å². The second kappa shape index (κ2) is 8.05. The van der Waals surface area contributed by atoms with Gasteiger partial charge in [-0.05, 0) is 35.9 Å². The van der Waals surface area contributed by atoms with Crippen molar-refractivity contribution in [3.05, 3.63) is 77.5 Å². The number of benzene rings is 2. The molecule has 0 aliphatic carbocycles. The molecule has 0 spiro atoms. The summed E-state index contributed by atoms with van der Waals surface area (Å²) in [7, 11) is -3.26. The molecule has 1 aliphatic heterocycles. The number of thioether (sulfide) groups is 1. The van der Waals surface area contributed by atoms with Gasteiger partial charge in [0.2, 0.25) is 5.91 Å². The third-order valence-electron chi connectivity index (χ3n) is 4.00. The third kappa shape index (κ3) is 4.95. The molecule has 136 valence electrons. The van der Waals surface area contributed by atoms with E-state index < -0.39 is 15.9 Å². The lowest BCUT2D eigenvalue weighted by Gasteiger charge is -2.27. The highest BCUT2D eigenvalue weighted by Crippen LogP contribution is 2.22. The summed E-state index contributed by atoms with van der Waals surface area (Å²) < 4.78 is 36.5. The van der Waals surface area contributed by atoms with E-state index >= 15 is 0 Å². The van der Waals surface area contributed by atoms with Gasteiger partial charge in [-0.3, -0.25) is 4.79 Å². The Morgan fingerprint density at radius 1 is 1.12 bits per heavy atom. The van der Waals surface area contributed by atoms with Crippen LogP contribution in [0.1, 0.15) is 5.56 Å². The van der Waals surface area contributed by atoms with Gasteiger partial charge in [-0.15, -0.1) is 11.8 Å². The number of amides is 1.